The zero-order chi connectivity index (χ0) is 54.7. The normalized spacial score (nSPS) is 11.7. The van der Waals surface area contributed by atoms with Gasteiger partial charge in [0.2, 0.25) is 0 Å². The molecule has 4 aromatic heterocycles. The van der Waals surface area contributed by atoms with Crippen molar-refractivity contribution in [1.82, 2.24) is 19.5 Å². The molecule has 4 nitrogen and oxygen atoms in total. The van der Waals surface area contributed by atoms with Gasteiger partial charge in [-0.1, -0.05) is 219 Å². The van der Waals surface area contributed by atoms with E-state index in [1.54, 1.807) is 22.7 Å². The molecule has 0 saturated carbocycles. The van der Waals surface area contributed by atoms with Crippen molar-refractivity contribution in [2.24, 2.45) is 0 Å². The fourth-order valence-electron chi connectivity index (χ4n) is 11.9. The van der Waals surface area contributed by atoms with E-state index in [1.165, 1.54) is 36.0 Å². The molecule has 15 rings (SSSR count). The van der Waals surface area contributed by atoms with Crippen molar-refractivity contribution in [3.63, 3.8) is 0 Å². The minimum atomic E-state index is 0.581. The lowest BCUT2D eigenvalue weighted by Crippen LogP contribution is -2.04. The smallest absolute Gasteiger partial charge is 0.164 e. The zero-order valence-electron chi connectivity index (χ0n) is 44.8. The number of hydrogen-bond donors (Lipinski definition) is 0. The summed E-state index contributed by atoms with van der Waals surface area (Å²) >= 11 is 3.55. The van der Waals surface area contributed by atoms with Gasteiger partial charge in [0, 0.05) is 79.3 Å². The van der Waals surface area contributed by atoms with Gasteiger partial charge >= 0.3 is 0 Å². The first kappa shape index (κ1) is 49.0. The maximum Gasteiger partial charge on any atom is 0.164 e. The summed E-state index contributed by atoms with van der Waals surface area (Å²) in [5, 5.41) is 5.96. The van der Waals surface area contributed by atoms with Gasteiger partial charge in [-0.25, -0.2) is 15.0 Å². The first-order valence-electron chi connectivity index (χ1n) is 27.6. The van der Waals surface area contributed by atoms with E-state index in [4.69, 9.17) is 15.0 Å². The van der Waals surface area contributed by atoms with E-state index in [9.17, 15) is 0 Å². The van der Waals surface area contributed by atoms with Crippen molar-refractivity contribution in [3.8, 4) is 95.5 Å². The molecular weight excluding hydrogens is 1030 g/mol. The van der Waals surface area contributed by atoms with E-state index in [0.29, 0.717) is 17.5 Å². The Morgan fingerprint density at radius 2 is 0.817 bits per heavy atom. The minimum absolute atomic E-state index is 0.581. The molecule has 0 N–H and O–H groups in total. The fourth-order valence-corrected chi connectivity index (χ4v) is 14.3. The van der Waals surface area contributed by atoms with Crippen LogP contribution in [0, 0.1) is 0 Å². The third-order valence-electron chi connectivity index (χ3n) is 15.7. The van der Waals surface area contributed by atoms with Crippen LogP contribution < -0.4 is 0 Å². The average molecular weight is 1080 g/mol. The molecule has 82 heavy (non-hydrogen) atoms. The lowest BCUT2D eigenvalue weighted by molar-refractivity contribution is 1.07. The number of allylic oxidation sites excluding steroid dienone is 1. The summed E-state index contributed by atoms with van der Waals surface area (Å²) in [5.41, 5.74) is 18.3. The first-order chi connectivity index (χ1) is 40.5. The molecule has 4 heterocycles. The highest BCUT2D eigenvalue weighted by atomic mass is 32.1. The molecule has 15 aromatic rings. The van der Waals surface area contributed by atoms with Crippen molar-refractivity contribution in [2.45, 2.75) is 6.92 Å². The van der Waals surface area contributed by atoms with Crippen molar-refractivity contribution < 1.29 is 0 Å². The predicted molar refractivity (Wildman–Crippen MR) is 351 cm³/mol. The van der Waals surface area contributed by atoms with E-state index in [-0.39, 0.29) is 0 Å². The molecule has 0 aliphatic rings. The highest BCUT2D eigenvalue weighted by molar-refractivity contribution is 7.25. The molecule has 0 radical (unpaired) electrons. The van der Waals surface area contributed by atoms with Crippen LogP contribution in [0.4, 0.5) is 0 Å². The van der Waals surface area contributed by atoms with Crippen LogP contribution in [-0.4, -0.2) is 19.5 Å². The molecule has 0 bridgehead atoms. The quantitative estimate of drug-likeness (QED) is 0.130. The van der Waals surface area contributed by atoms with Gasteiger partial charge in [-0.3, -0.25) is 0 Å². The monoisotopic (exact) mass is 1080 g/mol. The molecule has 6 heteroatoms. The van der Waals surface area contributed by atoms with E-state index in [1.807, 2.05) is 6.08 Å². The van der Waals surface area contributed by atoms with Crippen LogP contribution in [0.5, 0.6) is 0 Å². The molecule has 0 atom stereocenters. The van der Waals surface area contributed by atoms with Gasteiger partial charge in [-0.2, -0.15) is 0 Å². The number of hydrogen-bond acceptors (Lipinski definition) is 5. The Kier molecular flexibility index (Phi) is 12.3. The minimum Gasteiger partial charge on any atom is -0.307 e. The van der Waals surface area contributed by atoms with E-state index < -0.39 is 0 Å². The van der Waals surface area contributed by atoms with Crippen molar-refractivity contribution >= 4 is 86.9 Å². The Balaban J connectivity index is 1.04. The molecule has 386 valence electrons. The topological polar surface area (TPSA) is 43.6 Å². The largest absolute Gasteiger partial charge is 0.307 e. The maximum atomic E-state index is 5.53. The molecule has 0 saturated heterocycles. The number of nitrogens with zero attached hydrogens (tertiary/aromatic N) is 4. The lowest BCUT2D eigenvalue weighted by Gasteiger charge is -2.22. The highest BCUT2D eigenvalue weighted by Gasteiger charge is 2.26. The highest BCUT2D eigenvalue weighted by Crippen LogP contribution is 2.48. The van der Waals surface area contributed by atoms with Gasteiger partial charge in [0.05, 0.1) is 16.7 Å². The Bertz CT molecular complexity index is 4920. The van der Waals surface area contributed by atoms with Gasteiger partial charge in [0.1, 0.15) is 0 Å². The number of fused-ring (bicyclic) bond motifs is 7. The molecule has 0 fully saturated rings. The van der Waals surface area contributed by atoms with Gasteiger partial charge in [-0.05, 0) is 112 Å². The molecule has 0 aliphatic carbocycles. The summed E-state index contributed by atoms with van der Waals surface area (Å²) in [7, 11) is 0. The van der Waals surface area contributed by atoms with E-state index in [0.717, 1.165) is 105 Å². The standard InChI is InChI=1S/C76H50N4S2/c1-3-22-68-58(4-2)60-38-35-54(46-70(60)81-68)74-77-75(55-36-39-61-59-33-20-21-34-69(59)82-71(61)47-55)79-76(78-74)57-44-63(51-29-16-8-17-30-51)72(64(45-57)52-31-18-9-19-32-52)80-67-40-37-53(48-23-10-5-11-24-48)41-65(67)66-43-56(49-25-12-6-13-26-49)42-62(73(66)80)50-27-14-7-15-28-50/h3-47H,2H2,1H3/b22-3-. The number of benzene rings is 11. The van der Waals surface area contributed by atoms with Gasteiger partial charge in [-0.15, -0.1) is 22.7 Å². The van der Waals surface area contributed by atoms with Crippen LogP contribution >= 0.6 is 22.7 Å². The number of thiophene rings is 2. The third kappa shape index (κ3) is 8.56. The van der Waals surface area contributed by atoms with Crippen molar-refractivity contribution in [2.75, 3.05) is 0 Å². The predicted octanol–water partition coefficient (Wildman–Crippen LogP) is 21.6. The summed E-state index contributed by atoms with van der Waals surface area (Å²) in [6.45, 7) is 6.25. The molecule has 0 unspecified atom stereocenters. The zero-order valence-corrected chi connectivity index (χ0v) is 46.4. The first-order valence-corrected chi connectivity index (χ1v) is 29.3. The Hall–Kier alpha value is -10.1. The Morgan fingerprint density at radius 1 is 0.354 bits per heavy atom. The fraction of sp³-hybridized carbons (Fsp3) is 0.0132. The molecule has 0 aliphatic heterocycles. The summed E-state index contributed by atoms with van der Waals surface area (Å²) in [6.07, 6.45) is 6.21. The third-order valence-corrected chi connectivity index (χ3v) is 18.0. The van der Waals surface area contributed by atoms with Gasteiger partial charge in [0.15, 0.2) is 17.5 Å². The Labute approximate surface area is 483 Å². The summed E-state index contributed by atoms with van der Waals surface area (Å²) in [5.74, 6) is 1.79. The number of rotatable bonds is 11. The Morgan fingerprint density at radius 3 is 1.40 bits per heavy atom. The van der Waals surface area contributed by atoms with Gasteiger partial charge < -0.3 is 4.57 Å². The van der Waals surface area contributed by atoms with Crippen LogP contribution in [0.2, 0.25) is 0 Å². The average Bonchev–Trinajstić information content (AvgIpc) is 4.38. The summed E-state index contributed by atoms with van der Waals surface area (Å²) in [4.78, 5) is 17.6. The molecule has 11 aromatic carbocycles. The SMILES string of the molecule is C=Cc1c(/C=C\C)sc2cc(-c3nc(-c4cc(-c5ccccc5)c(-n5c6ccc(-c7ccccc7)cc6c6cc(-c7ccccc7)cc(-c7ccccc7)c65)c(-c5ccccc5)c4)nc(-c4ccc5c(c4)sc4ccccc45)n3)ccc12. The second-order valence-corrected chi connectivity index (χ2v) is 22.8. The molecular formula is C76H50N4S2. The van der Waals surface area contributed by atoms with E-state index >= 15 is 0 Å². The summed E-state index contributed by atoms with van der Waals surface area (Å²) in [6, 6.07) is 92.2. The van der Waals surface area contributed by atoms with Crippen LogP contribution in [0.25, 0.3) is 160 Å². The van der Waals surface area contributed by atoms with Crippen LogP contribution in [0.3, 0.4) is 0 Å². The van der Waals surface area contributed by atoms with E-state index in [2.05, 4.69) is 285 Å². The van der Waals surface area contributed by atoms with Crippen LogP contribution in [0.1, 0.15) is 17.4 Å². The molecule has 0 amide bonds. The summed E-state index contributed by atoms with van der Waals surface area (Å²) < 4.78 is 6.13. The van der Waals surface area contributed by atoms with Crippen molar-refractivity contribution in [1.29, 1.82) is 0 Å². The second kappa shape index (κ2) is 20.5. The maximum absolute atomic E-state index is 5.53. The lowest BCUT2D eigenvalue weighted by atomic mass is 9.92. The molecule has 0 spiro atoms. The second-order valence-electron chi connectivity index (χ2n) is 20.6. The van der Waals surface area contributed by atoms with Crippen LogP contribution in [-0.2, 0) is 0 Å². The van der Waals surface area contributed by atoms with Crippen molar-refractivity contribution in [3.05, 3.63) is 278 Å². The number of aromatic nitrogens is 4. The van der Waals surface area contributed by atoms with Crippen LogP contribution in [0.15, 0.2) is 267 Å². The van der Waals surface area contributed by atoms with Gasteiger partial charge in [0.25, 0.3) is 0 Å².